The van der Waals surface area contributed by atoms with Gasteiger partial charge in [-0.05, 0) is 83.1 Å². The van der Waals surface area contributed by atoms with Crippen molar-refractivity contribution in [3.8, 4) is 0 Å². The standard InChI is InChI=1S/C43H74NO8P/c1-3-5-7-9-11-12-13-14-15-16-17-18-21-24-28-32-37-49-42(40-52-53(47,48)51-38-36-44)39-50-43(46)35-31-27-23-20-19-22-26-30-34-41(45)33-29-25-10-8-6-4-2/h6,8,14-15,20,22-23,25-26,29-30,32,34,37,41-42,45H,3-5,7,9-13,16-19,21,24,27-28,31,33,35-36,38-40,44H2,1-2H3,(H,47,48)/b8-6-,15-14-,23-20-,26-22-,29-25-,34-30+,37-32+/t41?,42-/m1/s1. The highest BCUT2D eigenvalue weighted by Crippen LogP contribution is 2.43. The van der Waals surface area contributed by atoms with E-state index in [-0.39, 0.29) is 38.8 Å². The predicted molar refractivity (Wildman–Crippen MR) is 220 cm³/mol. The Balaban J connectivity index is 4.32. The lowest BCUT2D eigenvalue weighted by molar-refractivity contribution is -0.147. The smallest absolute Gasteiger partial charge is 0.472 e. The molecule has 0 radical (unpaired) electrons. The van der Waals surface area contributed by atoms with Crippen molar-refractivity contribution in [3.05, 3.63) is 85.3 Å². The molecule has 0 spiro atoms. The van der Waals surface area contributed by atoms with Gasteiger partial charge in [0, 0.05) is 13.0 Å². The number of carbonyl (C=O) groups excluding carboxylic acids is 1. The molecule has 0 saturated heterocycles. The van der Waals surface area contributed by atoms with Crippen LogP contribution in [0.5, 0.6) is 0 Å². The second kappa shape index (κ2) is 39.2. The Hall–Kier alpha value is -2.52. The molecule has 304 valence electrons. The number of carbonyl (C=O) groups is 1. The fraction of sp³-hybridized carbons (Fsp3) is 0.651. The zero-order valence-corrected chi connectivity index (χ0v) is 34.0. The largest absolute Gasteiger partial charge is 0.492 e. The van der Waals surface area contributed by atoms with E-state index >= 15 is 0 Å². The lowest BCUT2D eigenvalue weighted by atomic mass is 10.1. The van der Waals surface area contributed by atoms with Crippen molar-refractivity contribution in [1.82, 2.24) is 0 Å². The number of phosphoric ester groups is 1. The van der Waals surface area contributed by atoms with Crippen LogP contribution in [0.4, 0.5) is 0 Å². The van der Waals surface area contributed by atoms with Crippen LogP contribution in [0.3, 0.4) is 0 Å². The SMILES string of the molecule is CC/C=C\C/C=C\CC(O)/C=C/C=C\C/C=C\CCCC(=O)OC[C@H](COP(=O)(O)OCCN)O/C=C/CCCCCC/C=C\CCCCCCCC. The first-order valence-electron chi connectivity index (χ1n) is 20.2. The highest BCUT2D eigenvalue weighted by molar-refractivity contribution is 7.47. The van der Waals surface area contributed by atoms with Crippen molar-refractivity contribution in [2.24, 2.45) is 5.73 Å². The molecule has 0 aliphatic heterocycles. The summed E-state index contributed by atoms with van der Waals surface area (Å²) in [5, 5.41) is 9.99. The number of unbranched alkanes of at least 4 members (excludes halogenated alkanes) is 12. The molecule has 0 aromatic rings. The van der Waals surface area contributed by atoms with Crippen molar-refractivity contribution in [2.75, 3.05) is 26.4 Å². The Morgan fingerprint density at radius 1 is 0.698 bits per heavy atom. The highest BCUT2D eigenvalue weighted by atomic mass is 31.2. The van der Waals surface area contributed by atoms with E-state index in [1.54, 1.807) is 12.3 Å². The average molecular weight is 764 g/mol. The summed E-state index contributed by atoms with van der Waals surface area (Å²) in [4.78, 5) is 22.2. The number of esters is 1. The molecule has 0 aliphatic rings. The molecule has 0 saturated carbocycles. The summed E-state index contributed by atoms with van der Waals surface area (Å²) in [6.07, 6.45) is 47.3. The van der Waals surface area contributed by atoms with Gasteiger partial charge in [-0.25, -0.2) is 4.57 Å². The minimum absolute atomic E-state index is 0.0779. The highest BCUT2D eigenvalue weighted by Gasteiger charge is 2.24. The Bertz CT molecular complexity index is 1100. The molecule has 53 heavy (non-hydrogen) atoms. The van der Waals surface area contributed by atoms with Crippen LogP contribution in [0.25, 0.3) is 0 Å². The van der Waals surface area contributed by atoms with Crippen molar-refractivity contribution in [2.45, 2.75) is 154 Å². The van der Waals surface area contributed by atoms with E-state index in [0.29, 0.717) is 12.8 Å². The number of allylic oxidation sites excluding steroid dienone is 11. The summed E-state index contributed by atoms with van der Waals surface area (Å²) < 4.78 is 33.0. The second-order valence-electron chi connectivity index (χ2n) is 13.0. The van der Waals surface area contributed by atoms with Crippen LogP contribution in [-0.2, 0) is 27.9 Å². The van der Waals surface area contributed by atoms with Crippen LogP contribution < -0.4 is 5.73 Å². The third-order valence-corrected chi connectivity index (χ3v) is 8.95. The first-order valence-corrected chi connectivity index (χ1v) is 21.7. The van der Waals surface area contributed by atoms with Crippen LogP contribution in [0.15, 0.2) is 85.3 Å². The summed E-state index contributed by atoms with van der Waals surface area (Å²) in [6.45, 7) is 3.90. The molecule has 0 aliphatic carbocycles. The number of hydrogen-bond donors (Lipinski definition) is 3. The zero-order valence-electron chi connectivity index (χ0n) is 33.1. The Morgan fingerprint density at radius 3 is 2.00 bits per heavy atom. The lowest BCUT2D eigenvalue weighted by Crippen LogP contribution is -2.25. The monoisotopic (exact) mass is 764 g/mol. The maximum Gasteiger partial charge on any atom is 0.472 e. The molecule has 0 amide bonds. The van der Waals surface area contributed by atoms with Crippen LogP contribution in [0.2, 0.25) is 0 Å². The van der Waals surface area contributed by atoms with Gasteiger partial charge < -0.3 is 25.2 Å². The van der Waals surface area contributed by atoms with Crippen molar-refractivity contribution in [1.29, 1.82) is 0 Å². The third kappa shape index (κ3) is 39.0. The number of rotatable bonds is 37. The molecular formula is C43H74NO8P. The maximum absolute atomic E-state index is 12.4. The van der Waals surface area contributed by atoms with Gasteiger partial charge in [0.25, 0.3) is 0 Å². The number of nitrogens with two attached hydrogens (primary N) is 1. The van der Waals surface area contributed by atoms with Crippen molar-refractivity contribution in [3.63, 3.8) is 0 Å². The summed E-state index contributed by atoms with van der Waals surface area (Å²) in [5.74, 6) is -0.379. The lowest BCUT2D eigenvalue weighted by Gasteiger charge is -2.19. The Labute approximate surface area is 322 Å². The van der Waals surface area contributed by atoms with E-state index in [4.69, 9.17) is 24.3 Å². The van der Waals surface area contributed by atoms with Gasteiger partial charge in [-0.2, -0.15) is 0 Å². The van der Waals surface area contributed by atoms with E-state index in [2.05, 4.69) is 44.2 Å². The number of aliphatic hydroxyl groups excluding tert-OH is 1. The van der Waals surface area contributed by atoms with Crippen LogP contribution in [0.1, 0.15) is 142 Å². The minimum atomic E-state index is -4.30. The first kappa shape index (κ1) is 50.5. The zero-order chi connectivity index (χ0) is 38.9. The Kier molecular flexibility index (Phi) is 37.3. The van der Waals surface area contributed by atoms with Gasteiger partial charge in [-0.3, -0.25) is 13.8 Å². The van der Waals surface area contributed by atoms with Gasteiger partial charge in [-0.15, -0.1) is 0 Å². The number of phosphoric acid groups is 1. The van der Waals surface area contributed by atoms with Crippen molar-refractivity contribution < 1.29 is 37.9 Å². The fourth-order valence-corrected chi connectivity index (χ4v) is 5.68. The van der Waals surface area contributed by atoms with E-state index in [9.17, 15) is 19.4 Å². The molecule has 2 unspecified atom stereocenters. The van der Waals surface area contributed by atoms with Gasteiger partial charge in [0.2, 0.25) is 0 Å². The number of aliphatic hydroxyl groups is 1. The molecule has 0 rings (SSSR count). The quantitative estimate of drug-likeness (QED) is 0.0141. The first-order chi connectivity index (χ1) is 25.8. The van der Waals surface area contributed by atoms with E-state index in [1.165, 1.54) is 57.8 Å². The van der Waals surface area contributed by atoms with Gasteiger partial charge in [0.15, 0.2) is 6.10 Å². The van der Waals surface area contributed by atoms with E-state index in [1.807, 2.05) is 42.5 Å². The molecule has 0 aromatic heterocycles. The van der Waals surface area contributed by atoms with E-state index in [0.717, 1.165) is 51.4 Å². The maximum atomic E-state index is 12.4. The predicted octanol–water partition coefficient (Wildman–Crippen LogP) is 11.1. The van der Waals surface area contributed by atoms with Gasteiger partial charge in [0.1, 0.15) is 6.61 Å². The number of ether oxygens (including phenoxy) is 2. The van der Waals surface area contributed by atoms with Gasteiger partial charge >= 0.3 is 13.8 Å². The molecule has 9 nitrogen and oxygen atoms in total. The van der Waals surface area contributed by atoms with Gasteiger partial charge in [-0.1, -0.05) is 132 Å². The molecule has 0 aromatic carbocycles. The van der Waals surface area contributed by atoms with Gasteiger partial charge in [0.05, 0.1) is 25.6 Å². The van der Waals surface area contributed by atoms with Crippen molar-refractivity contribution >= 4 is 13.8 Å². The van der Waals surface area contributed by atoms with Crippen LogP contribution in [-0.4, -0.2) is 54.5 Å². The Morgan fingerprint density at radius 2 is 1.30 bits per heavy atom. The summed E-state index contributed by atoms with van der Waals surface area (Å²) >= 11 is 0. The summed E-state index contributed by atoms with van der Waals surface area (Å²) in [7, 11) is -4.30. The van der Waals surface area contributed by atoms with Crippen LogP contribution >= 0.6 is 7.82 Å². The molecule has 0 heterocycles. The van der Waals surface area contributed by atoms with E-state index < -0.39 is 20.0 Å². The molecule has 0 fully saturated rings. The molecule has 3 atom stereocenters. The van der Waals surface area contributed by atoms with Crippen LogP contribution in [0, 0.1) is 0 Å². The minimum Gasteiger partial charge on any atom is -0.492 e. The third-order valence-electron chi connectivity index (χ3n) is 7.97. The average Bonchev–Trinajstić information content (AvgIpc) is 3.14. The summed E-state index contributed by atoms with van der Waals surface area (Å²) in [5.41, 5.74) is 5.35. The topological polar surface area (TPSA) is 138 Å². The second-order valence-corrected chi connectivity index (χ2v) is 14.5. The molecular weight excluding hydrogens is 689 g/mol. The molecule has 0 bridgehead atoms. The fourth-order valence-electron chi connectivity index (χ4n) is 4.92. The molecule has 4 N–H and O–H groups in total. The summed E-state index contributed by atoms with van der Waals surface area (Å²) in [6, 6.07) is 0. The molecule has 10 heteroatoms. The normalized spacial score (nSPS) is 15.0. The number of hydrogen-bond acceptors (Lipinski definition) is 8.